The Morgan fingerprint density at radius 2 is 2.00 bits per heavy atom. The molecule has 0 aliphatic rings. The first-order valence-corrected chi connectivity index (χ1v) is 5.68. The topological polar surface area (TPSA) is 30.5 Å². The third-order valence-electron chi connectivity index (χ3n) is 2.22. The van der Waals surface area contributed by atoms with Crippen LogP contribution in [-0.4, -0.2) is 26.9 Å². The van der Waals surface area contributed by atoms with Gasteiger partial charge in [0.05, 0.1) is 6.61 Å². The molecule has 0 saturated carbocycles. The molecule has 0 aromatic heterocycles. The van der Waals surface area contributed by atoms with Crippen LogP contribution < -0.4 is 10.1 Å². The molecule has 0 aliphatic heterocycles. The van der Waals surface area contributed by atoms with E-state index in [4.69, 9.17) is 9.47 Å². The monoisotopic (exact) mass is 233 g/mol. The molecule has 3 heteroatoms. The van der Waals surface area contributed by atoms with Crippen molar-refractivity contribution in [2.75, 3.05) is 26.9 Å². The van der Waals surface area contributed by atoms with Gasteiger partial charge < -0.3 is 14.8 Å². The first-order chi connectivity index (χ1) is 8.36. The number of benzene rings is 1. The third kappa shape index (κ3) is 5.96. The summed E-state index contributed by atoms with van der Waals surface area (Å²) in [6.45, 7) is 4.69. The Morgan fingerprint density at radius 3 is 2.65 bits per heavy atom. The molecule has 0 radical (unpaired) electrons. The number of rotatable bonds is 7. The summed E-state index contributed by atoms with van der Waals surface area (Å²) in [6, 6.07) is 8.03. The van der Waals surface area contributed by atoms with Crippen molar-refractivity contribution in [2.45, 2.75) is 13.5 Å². The predicted molar refractivity (Wildman–Crippen MR) is 69.0 cm³/mol. The van der Waals surface area contributed by atoms with E-state index in [-0.39, 0.29) is 0 Å². The van der Waals surface area contributed by atoms with Crippen LogP contribution in [0.4, 0.5) is 0 Å². The number of ether oxygens (including phenoxy) is 2. The molecule has 0 fully saturated rings. The van der Waals surface area contributed by atoms with Crippen LogP contribution in [0.5, 0.6) is 5.75 Å². The normalized spacial score (nSPS) is 9.53. The smallest absolute Gasteiger partial charge is 0.149 e. The van der Waals surface area contributed by atoms with Gasteiger partial charge in [0.15, 0.2) is 0 Å². The van der Waals surface area contributed by atoms with Gasteiger partial charge in [0.2, 0.25) is 0 Å². The van der Waals surface area contributed by atoms with Gasteiger partial charge in [-0.15, -0.1) is 5.92 Å². The van der Waals surface area contributed by atoms with Crippen molar-refractivity contribution in [1.29, 1.82) is 0 Å². The summed E-state index contributed by atoms with van der Waals surface area (Å²) in [7, 11) is 1.70. The zero-order valence-electron chi connectivity index (χ0n) is 10.5. The molecular formula is C14H19NO2. The molecule has 1 aromatic rings. The lowest BCUT2D eigenvalue weighted by molar-refractivity contribution is 0.199. The van der Waals surface area contributed by atoms with Crippen molar-refractivity contribution in [1.82, 2.24) is 5.32 Å². The van der Waals surface area contributed by atoms with Crippen molar-refractivity contribution in [3.05, 3.63) is 29.8 Å². The lowest BCUT2D eigenvalue weighted by atomic mass is 10.2. The summed E-state index contributed by atoms with van der Waals surface area (Å²) < 4.78 is 10.4. The molecule has 0 bridgehead atoms. The first kappa shape index (κ1) is 13.6. The minimum atomic E-state index is 0.446. The van der Waals surface area contributed by atoms with Crippen molar-refractivity contribution < 1.29 is 9.47 Å². The van der Waals surface area contributed by atoms with E-state index in [1.165, 1.54) is 5.56 Å². The second-order valence-electron chi connectivity index (χ2n) is 3.53. The summed E-state index contributed by atoms with van der Waals surface area (Å²) in [5.74, 6) is 6.51. The second-order valence-corrected chi connectivity index (χ2v) is 3.53. The van der Waals surface area contributed by atoms with Crippen molar-refractivity contribution in [2.24, 2.45) is 0 Å². The average molecular weight is 233 g/mol. The first-order valence-electron chi connectivity index (χ1n) is 5.68. The van der Waals surface area contributed by atoms with Gasteiger partial charge in [-0.05, 0) is 24.6 Å². The van der Waals surface area contributed by atoms with Crippen LogP contribution in [0.25, 0.3) is 0 Å². The fraction of sp³-hybridized carbons (Fsp3) is 0.429. The van der Waals surface area contributed by atoms with E-state index >= 15 is 0 Å². The summed E-state index contributed by atoms with van der Waals surface area (Å²) in [5, 5.41) is 3.29. The Balaban J connectivity index is 2.30. The van der Waals surface area contributed by atoms with Gasteiger partial charge in [-0.3, -0.25) is 0 Å². The van der Waals surface area contributed by atoms with Crippen molar-refractivity contribution in [3.8, 4) is 17.6 Å². The van der Waals surface area contributed by atoms with Crippen molar-refractivity contribution in [3.63, 3.8) is 0 Å². The Morgan fingerprint density at radius 1 is 1.24 bits per heavy atom. The molecule has 3 nitrogen and oxygen atoms in total. The maximum atomic E-state index is 5.43. The highest BCUT2D eigenvalue weighted by Gasteiger charge is 1.94. The van der Waals surface area contributed by atoms with E-state index in [0.29, 0.717) is 6.61 Å². The number of hydrogen-bond donors (Lipinski definition) is 1. The molecule has 0 saturated heterocycles. The van der Waals surface area contributed by atoms with E-state index in [2.05, 4.69) is 29.3 Å². The SMILES string of the molecule is CC#CCOc1ccc(CNCCOC)cc1. The van der Waals surface area contributed by atoms with Crippen LogP contribution in [0.3, 0.4) is 0 Å². The molecule has 0 amide bonds. The Kier molecular flexibility index (Phi) is 6.89. The molecule has 0 unspecified atom stereocenters. The molecule has 0 atom stereocenters. The molecule has 0 aliphatic carbocycles. The maximum absolute atomic E-state index is 5.43. The molecule has 1 rings (SSSR count). The number of methoxy groups -OCH3 is 1. The second kappa shape index (κ2) is 8.63. The van der Waals surface area contributed by atoms with Gasteiger partial charge >= 0.3 is 0 Å². The zero-order valence-corrected chi connectivity index (χ0v) is 10.5. The third-order valence-corrected chi connectivity index (χ3v) is 2.22. The van der Waals surface area contributed by atoms with Crippen LogP contribution in [0.1, 0.15) is 12.5 Å². The van der Waals surface area contributed by atoms with E-state index < -0.39 is 0 Å². The fourth-order valence-electron chi connectivity index (χ4n) is 1.30. The minimum absolute atomic E-state index is 0.446. The molecule has 92 valence electrons. The highest BCUT2D eigenvalue weighted by molar-refractivity contribution is 5.27. The van der Waals surface area contributed by atoms with Crippen LogP contribution in [0.2, 0.25) is 0 Å². The van der Waals surface area contributed by atoms with Crippen molar-refractivity contribution >= 4 is 0 Å². The Labute approximate surface area is 103 Å². The van der Waals surface area contributed by atoms with Crippen LogP contribution in [0, 0.1) is 11.8 Å². The summed E-state index contributed by atoms with van der Waals surface area (Å²) >= 11 is 0. The largest absolute Gasteiger partial charge is 0.481 e. The number of nitrogens with one attached hydrogen (secondary N) is 1. The van der Waals surface area contributed by atoms with Gasteiger partial charge in [-0.2, -0.15) is 0 Å². The van der Waals surface area contributed by atoms with Gasteiger partial charge in [-0.1, -0.05) is 18.1 Å². The fourth-order valence-corrected chi connectivity index (χ4v) is 1.30. The standard InChI is InChI=1S/C14H19NO2/c1-3-4-10-17-14-7-5-13(6-8-14)12-15-9-11-16-2/h5-8,15H,9-12H2,1-2H3. The highest BCUT2D eigenvalue weighted by Crippen LogP contribution is 2.11. The van der Waals surface area contributed by atoms with E-state index in [9.17, 15) is 0 Å². The van der Waals surface area contributed by atoms with Gasteiger partial charge in [0.1, 0.15) is 12.4 Å². The zero-order chi connectivity index (χ0) is 12.3. The van der Waals surface area contributed by atoms with E-state index in [1.807, 2.05) is 12.1 Å². The quantitative estimate of drug-likeness (QED) is 0.575. The van der Waals surface area contributed by atoms with Crippen LogP contribution >= 0.6 is 0 Å². The minimum Gasteiger partial charge on any atom is -0.481 e. The van der Waals surface area contributed by atoms with E-state index in [0.717, 1.165) is 25.4 Å². The molecule has 0 heterocycles. The van der Waals surface area contributed by atoms with E-state index in [1.54, 1.807) is 14.0 Å². The highest BCUT2D eigenvalue weighted by atomic mass is 16.5. The van der Waals surface area contributed by atoms with Gasteiger partial charge in [-0.25, -0.2) is 0 Å². The molecule has 0 spiro atoms. The maximum Gasteiger partial charge on any atom is 0.149 e. The molecule has 1 N–H and O–H groups in total. The molecule has 1 aromatic carbocycles. The Hall–Kier alpha value is -1.50. The predicted octanol–water partition coefficient (Wildman–Crippen LogP) is 1.82. The average Bonchev–Trinajstić information content (AvgIpc) is 2.37. The molecular weight excluding hydrogens is 214 g/mol. The number of hydrogen-bond acceptors (Lipinski definition) is 3. The molecule has 17 heavy (non-hydrogen) atoms. The van der Waals surface area contributed by atoms with Crippen LogP contribution in [0.15, 0.2) is 24.3 Å². The summed E-state index contributed by atoms with van der Waals surface area (Å²) in [4.78, 5) is 0. The van der Waals surface area contributed by atoms with Crippen LogP contribution in [-0.2, 0) is 11.3 Å². The lowest BCUT2D eigenvalue weighted by Gasteiger charge is -2.06. The Bertz CT molecular complexity index is 362. The lowest BCUT2D eigenvalue weighted by Crippen LogP contribution is -2.18. The summed E-state index contributed by atoms with van der Waals surface area (Å²) in [5.41, 5.74) is 1.23. The van der Waals surface area contributed by atoms with Gasteiger partial charge in [0, 0.05) is 20.2 Å². The summed E-state index contributed by atoms with van der Waals surface area (Å²) in [6.07, 6.45) is 0. The van der Waals surface area contributed by atoms with Gasteiger partial charge in [0.25, 0.3) is 0 Å².